The Balaban J connectivity index is 1.53. The summed E-state index contributed by atoms with van der Waals surface area (Å²) in [6.07, 6.45) is 6.01. The predicted octanol–water partition coefficient (Wildman–Crippen LogP) is 2.83. The third-order valence-corrected chi connectivity index (χ3v) is 6.06. The number of pyridine rings is 2. The highest BCUT2D eigenvalue weighted by Crippen LogP contribution is 2.50. The number of thioether (sulfide) groups is 1. The summed E-state index contributed by atoms with van der Waals surface area (Å²) in [5.74, 6) is -0.214. The zero-order chi connectivity index (χ0) is 20.8. The van der Waals surface area contributed by atoms with Crippen LogP contribution in [0.5, 0.6) is 11.6 Å². The van der Waals surface area contributed by atoms with Gasteiger partial charge in [-0.25, -0.2) is 24.7 Å². The molecule has 2 aliphatic heterocycles. The van der Waals surface area contributed by atoms with Crippen molar-refractivity contribution in [3.8, 4) is 11.6 Å². The zero-order valence-electron chi connectivity index (χ0n) is 15.5. The van der Waals surface area contributed by atoms with Crippen LogP contribution in [0.1, 0.15) is 17.3 Å². The minimum Gasteiger partial charge on any atom is -0.480 e. The Bertz CT molecular complexity index is 1170. The van der Waals surface area contributed by atoms with Crippen molar-refractivity contribution in [2.75, 3.05) is 4.90 Å². The van der Waals surface area contributed by atoms with Gasteiger partial charge in [0.05, 0.1) is 35.5 Å². The van der Waals surface area contributed by atoms with E-state index in [1.807, 2.05) is 0 Å². The van der Waals surface area contributed by atoms with E-state index in [2.05, 4.69) is 25.3 Å². The lowest BCUT2D eigenvalue weighted by molar-refractivity contribution is -0.136. The van der Waals surface area contributed by atoms with Gasteiger partial charge in [-0.1, -0.05) is 11.8 Å². The summed E-state index contributed by atoms with van der Waals surface area (Å²) in [4.78, 5) is 42.6. The third kappa shape index (κ3) is 2.90. The summed E-state index contributed by atoms with van der Waals surface area (Å²) in [7, 11) is 0. The Morgan fingerprint density at radius 3 is 2.77 bits per heavy atom. The second-order valence-electron chi connectivity index (χ2n) is 6.62. The first-order chi connectivity index (χ1) is 14.5. The molecule has 2 aliphatic rings. The molecule has 150 valence electrons. The predicted molar refractivity (Wildman–Crippen MR) is 106 cm³/mol. The van der Waals surface area contributed by atoms with Crippen molar-refractivity contribution in [3.63, 3.8) is 0 Å². The van der Waals surface area contributed by atoms with E-state index < -0.39 is 23.3 Å². The standard InChI is InChI=1S/C19H14N6O4S/c1-9-11(2-3-13(23-9)29-10-6-20-8-21-7-10)25-12-4-5-22-17-14(12)15(24-19(25)28)16(30-17)18(26)27/h2-8,15-16H,1H3,(H,24,28)(H,26,27). The number of nitrogens with one attached hydrogen (secondary N) is 1. The average molecular weight is 422 g/mol. The molecule has 0 bridgehead atoms. The van der Waals surface area contributed by atoms with E-state index in [0.717, 1.165) is 11.8 Å². The Labute approximate surface area is 174 Å². The van der Waals surface area contributed by atoms with Gasteiger partial charge in [0.1, 0.15) is 16.6 Å². The van der Waals surface area contributed by atoms with Gasteiger partial charge in [0.25, 0.3) is 0 Å². The van der Waals surface area contributed by atoms with E-state index in [1.54, 1.807) is 31.3 Å². The third-order valence-electron chi connectivity index (χ3n) is 4.78. The van der Waals surface area contributed by atoms with E-state index in [1.165, 1.54) is 23.6 Å². The minimum absolute atomic E-state index is 0.336. The SMILES string of the molecule is Cc1nc(Oc2cncnc2)ccc1N1C(=O)NC2c3c1ccnc3SC2C(=O)O. The van der Waals surface area contributed by atoms with Gasteiger partial charge in [-0.2, -0.15) is 0 Å². The van der Waals surface area contributed by atoms with Gasteiger partial charge >= 0.3 is 12.0 Å². The van der Waals surface area contributed by atoms with Gasteiger partial charge in [0.15, 0.2) is 5.75 Å². The molecule has 10 nitrogen and oxygen atoms in total. The molecule has 2 unspecified atom stereocenters. The van der Waals surface area contributed by atoms with E-state index in [-0.39, 0.29) is 0 Å². The minimum atomic E-state index is -0.994. The molecule has 2 atom stereocenters. The molecular weight excluding hydrogens is 408 g/mol. The number of carbonyl (C=O) groups is 2. The Kier molecular flexibility index (Phi) is 4.24. The molecular formula is C19H14N6O4S. The monoisotopic (exact) mass is 422 g/mol. The number of amides is 2. The maximum Gasteiger partial charge on any atom is 0.327 e. The number of carboxylic acid groups (broad SMARTS) is 1. The topological polar surface area (TPSA) is 130 Å². The number of aromatic nitrogens is 4. The molecule has 5 heterocycles. The first-order valence-corrected chi connectivity index (χ1v) is 9.80. The number of anilines is 2. The normalized spacial score (nSPS) is 19.2. The maximum atomic E-state index is 13.0. The second kappa shape index (κ2) is 6.95. The summed E-state index contributed by atoms with van der Waals surface area (Å²) < 4.78 is 5.65. The molecule has 30 heavy (non-hydrogen) atoms. The van der Waals surface area contributed by atoms with Crippen molar-refractivity contribution in [1.29, 1.82) is 0 Å². The van der Waals surface area contributed by atoms with Crippen molar-refractivity contribution >= 4 is 35.1 Å². The lowest BCUT2D eigenvalue weighted by Gasteiger charge is -2.34. The van der Waals surface area contributed by atoms with Crippen LogP contribution in [0.15, 0.2) is 48.1 Å². The smallest absolute Gasteiger partial charge is 0.327 e. The highest BCUT2D eigenvalue weighted by Gasteiger charge is 2.46. The Morgan fingerprint density at radius 2 is 2.03 bits per heavy atom. The molecule has 5 rings (SSSR count). The molecule has 0 aliphatic carbocycles. The number of rotatable bonds is 4. The van der Waals surface area contributed by atoms with Crippen LogP contribution in [0.3, 0.4) is 0 Å². The van der Waals surface area contributed by atoms with Gasteiger partial charge in [0.2, 0.25) is 5.88 Å². The molecule has 2 amide bonds. The summed E-state index contributed by atoms with van der Waals surface area (Å²) in [6.45, 7) is 1.76. The quantitative estimate of drug-likeness (QED) is 0.651. The number of ether oxygens (including phenoxy) is 1. The van der Waals surface area contributed by atoms with Gasteiger partial charge in [-0.05, 0) is 19.1 Å². The maximum absolute atomic E-state index is 13.0. The van der Waals surface area contributed by atoms with Crippen molar-refractivity contribution < 1.29 is 19.4 Å². The second-order valence-corrected chi connectivity index (χ2v) is 7.75. The number of hydrogen-bond acceptors (Lipinski definition) is 8. The Morgan fingerprint density at radius 1 is 1.23 bits per heavy atom. The van der Waals surface area contributed by atoms with Gasteiger partial charge in [-0.3, -0.25) is 9.69 Å². The van der Waals surface area contributed by atoms with Crippen LogP contribution in [-0.2, 0) is 4.79 Å². The molecule has 3 aromatic rings. The average Bonchev–Trinajstić information content (AvgIpc) is 3.10. The molecule has 0 radical (unpaired) electrons. The molecule has 0 aromatic carbocycles. The summed E-state index contributed by atoms with van der Waals surface area (Å²) in [5, 5.41) is 12.1. The lowest BCUT2D eigenvalue weighted by atomic mass is 10.0. The number of nitrogens with zero attached hydrogens (tertiary/aromatic N) is 5. The zero-order valence-corrected chi connectivity index (χ0v) is 16.3. The van der Waals surface area contributed by atoms with Crippen molar-refractivity contribution in [3.05, 3.63) is 54.4 Å². The van der Waals surface area contributed by atoms with Crippen LogP contribution in [0.4, 0.5) is 16.2 Å². The first kappa shape index (κ1) is 18.3. The molecule has 11 heteroatoms. The van der Waals surface area contributed by atoms with E-state index in [9.17, 15) is 14.7 Å². The van der Waals surface area contributed by atoms with E-state index in [0.29, 0.717) is 39.3 Å². The number of carbonyl (C=O) groups excluding carboxylic acids is 1. The largest absolute Gasteiger partial charge is 0.480 e. The van der Waals surface area contributed by atoms with Crippen molar-refractivity contribution in [1.82, 2.24) is 25.3 Å². The number of aliphatic carboxylic acids is 1. The van der Waals surface area contributed by atoms with Crippen LogP contribution in [-0.4, -0.2) is 42.3 Å². The van der Waals surface area contributed by atoms with Crippen molar-refractivity contribution in [2.24, 2.45) is 0 Å². The number of aryl methyl sites for hydroxylation is 1. The van der Waals surface area contributed by atoms with Gasteiger partial charge in [-0.15, -0.1) is 0 Å². The van der Waals surface area contributed by atoms with Crippen molar-refractivity contribution in [2.45, 2.75) is 23.2 Å². The first-order valence-electron chi connectivity index (χ1n) is 8.92. The highest BCUT2D eigenvalue weighted by molar-refractivity contribution is 8.00. The lowest BCUT2D eigenvalue weighted by Crippen LogP contribution is -2.47. The molecule has 3 aromatic heterocycles. The number of hydrogen-bond donors (Lipinski definition) is 2. The van der Waals surface area contributed by atoms with Gasteiger partial charge < -0.3 is 15.2 Å². The van der Waals surface area contributed by atoms with Crippen LogP contribution in [0, 0.1) is 6.92 Å². The fourth-order valence-corrected chi connectivity index (χ4v) is 4.70. The highest BCUT2D eigenvalue weighted by atomic mass is 32.2. The fraction of sp³-hybridized carbons (Fsp3) is 0.158. The van der Waals surface area contributed by atoms with Crippen LogP contribution < -0.4 is 15.0 Å². The van der Waals surface area contributed by atoms with Crippen LogP contribution >= 0.6 is 11.8 Å². The number of urea groups is 1. The fourth-order valence-electron chi connectivity index (χ4n) is 3.54. The summed E-state index contributed by atoms with van der Waals surface area (Å²) in [6, 6.07) is 4.02. The number of carboxylic acids is 1. The molecule has 2 N–H and O–H groups in total. The molecule has 0 spiro atoms. The van der Waals surface area contributed by atoms with Gasteiger partial charge in [0, 0.05) is 17.8 Å². The van der Waals surface area contributed by atoms with Crippen LogP contribution in [0.2, 0.25) is 0 Å². The van der Waals surface area contributed by atoms with E-state index >= 15 is 0 Å². The Hall–Kier alpha value is -3.73. The molecule has 0 saturated carbocycles. The van der Waals surface area contributed by atoms with E-state index in [4.69, 9.17) is 4.74 Å². The molecule has 0 fully saturated rings. The molecule has 0 saturated heterocycles. The summed E-state index contributed by atoms with van der Waals surface area (Å²) >= 11 is 1.14. The summed E-state index contributed by atoms with van der Waals surface area (Å²) in [5.41, 5.74) is 2.42. The van der Waals surface area contributed by atoms with Crippen LogP contribution in [0.25, 0.3) is 0 Å².